The van der Waals surface area contributed by atoms with Gasteiger partial charge in [0.1, 0.15) is 5.82 Å². The minimum absolute atomic E-state index is 0. The normalized spacial score (nSPS) is 12.9. The van der Waals surface area contributed by atoms with Crippen LogP contribution in [-0.2, 0) is 25.8 Å². The van der Waals surface area contributed by atoms with Crippen molar-refractivity contribution in [1.29, 1.82) is 0 Å². The highest BCUT2D eigenvalue weighted by atomic mass is 35.5. The van der Waals surface area contributed by atoms with E-state index in [0.717, 1.165) is 53.5 Å². The summed E-state index contributed by atoms with van der Waals surface area (Å²) < 4.78 is 31.2. The van der Waals surface area contributed by atoms with E-state index in [1.165, 1.54) is 0 Å². The maximum absolute atomic E-state index is 15.1. The molecule has 2 aromatic carbocycles. The van der Waals surface area contributed by atoms with Crippen molar-refractivity contribution >= 4 is 18.1 Å². The van der Waals surface area contributed by atoms with E-state index < -0.39 is 22.2 Å². The fraction of sp³-hybridized carbons (Fsp3) is 0.318. The van der Waals surface area contributed by atoms with E-state index >= 15 is 4.39 Å². The van der Waals surface area contributed by atoms with Crippen LogP contribution in [0.1, 0.15) is 36.2 Å². The Labute approximate surface area is 184 Å². The highest BCUT2D eigenvalue weighted by Crippen LogP contribution is 2.36. The summed E-state index contributed by atoms with van der Waals surface area (Å²) in [6.45, 7) is 5.29. The monoisotopic (exact) mass is 448 g/mol. The van der Waals surface area contributed by atoms with Crippen LogP contribution in [0.3, 0.4) is 0 Å². The topological polar surface area (TPSA) is 73.0 Å². The molecule has 2 heterocycles. The predicted octanol–water partition coefficient (Wildman–Crippen LogP) is 4.92. The third kappa shape index (κ3) is 3.93. The van der Waals surface area contributed by atoms with Gasteiger partial charge in [0.25, 0.3) is 0 Å². The third-order valence-electron chi connectivity index (χ3n) is 5.57. The molecule has 3 aromatic rings. The average Bonchev–Trinajstić information content (AvgIpc) is 3.13. The van der Waals surface area contributed by atoms with Gasteiger partial charge in [-0.1, -0.05) is 32.0 Å². The van der Waals surface area contributed by atoms with E-state index in [2.05, 4.69) is 5.32 Å². The van der Waals surface area contributed by atoms with Gasteiger partial charge in [0, 0.05) is 30.6 Å². The van der Waals surface area contributed by atoms with Gasteiger partial charge in [0.15, 0.2) is 0 Å². The number of para-hydroxylation sites is 1. The number of aryl methyl sites for hydroxylation is 2. The number of nitrogens with one attached hydrogen (secondary N) is 1. The van der Waals surface area contributed by atoms with E-state index in [1.807, 2.05) is 32.0 Å². The van der Waals surface area contributed by atoms with Gasteiger partial charge >= 0.3 is 5.69 Å². The summed E-state index contributed by atoms with van der Waals surface area (Å²) in [4.78, 5) is 10.1. The Bertz CT molecular complexity index is 1120. The quantitative estimate of drug-likeness (QED) is 0.444. The Morgan fingerprint density at radius 1 is 1.16 bits per heavy atom. The molecule has 1 aliphatic rings. The van der Waals surface area contributed by atoms with E-state index in [-0.39, 0.29) is 18.0 Å². The molecule has 0 radical (unpaired) electrons. The maximum Gasteiger partial charge on any atom is 0.307 e. The highest BCUT2D eigenvalue weighted by Gasteiger charge is 2.28. The van der Waals surface area contributed by atoms with Crippen LogP contribution in [0.2, 0.25) is 0 Å². The molecule has 1 aromatic heterocycles. The largest absolute Gasteiger partial charge is 0.312 e. The van der Waals surface area contributed by atoms with Crippen molar-refractivity contribution in [2.24, 2.45) is 0 Å². The van der Waals surface area contributed by atoms with Crippen molar-refractivity contribution in [3.63, 3.8) is 0 Å². The third-order valence-corrected chi connectivity index (χ3v) is 5.57. The number of aromatic nitrogens is 2. The number of rotatable bonds is 5. The first-order valence-corrected chi connectivity index (χ1v) is 10.0. The van der Waals surface area contributed by atoms with E-state index in [4.69, 9.17) is 5.10 Å². The maximum atomic E-state index is 15.1. The lowest BCUT2D eigenvalue weighted by atomic mass is 9.99. The molecule has 0 saturated heterocycles. The average molecular weight is 449 g/mol. The van der Waals surface area contributed by atoms with Crippen molar-refractivity contribution in [2.75, 3.05) is 6.54 Å². The number of hydrogen-bond acceptors (Lipinski definition) is 4. The molecule has 0 spiro atoms. The molecule has 0 aliphatic carbocycles. The fourth-order valence-corrected chi connectivity index (χ4v) is 4.09. The van der Waals surface area contributed by atoms with Crippen LogP contribution in [0.5, 0.6) is 0 Å². The minimum Gasteiger partial charge on any atom is -0.312 e. The molecule has 0 unspecified atom stereocenters. The molecular weight excluding hydrogens is 426 g/mol. The first kappa shape index (κ1) is 22.8. The molecule has 164 valence electrons. The Morgan fingerprint density at radius 2 is 1.84 bits per heavy atom. The number of fused-ring (bicyclic) bond motifs is 1. The van der Waals surface area contributed by atoms with Gasteiger partial charge in [0.05, 0.1) is 28.1 Å². The number of hydrogen-bond donors (Lipinski definition) is 1. The van der Waals surface area contributed by atoms with Crippen molar-refractivity contribution in [3.8, 4) is 16.9 Å². The zero-order chi connectivity index (χ0) is 21.4. The molecule has 31 heavy (non-hydrogen) atoms. The predicted molar refractivity (Wildman–Crippen MR) is 117 cm³/mol. The van der Waals surface area contributed by atoms with Gasteiger partial charge in [-0.15, -0.1) is 12.4 Å². The first-order valence-electron chi connectivity index (χ1n) is 10.0. The summed E-state index contributed by atoms with van der Waals surface area (Å²) in [7, 11) is 0. The van der Waals surface area contributed by atoms with E-state index in [9.17, 15) is 14.5 Å². The zero-order valence-electron chi connectivity index (χ0n) is 17.2. The van der Waals surface area contributed by atoms with Gasteiger partial charge in [-0.3, -0.25) is 10.1 Å². The number of nitrogens with zero attached hydrogens (tertiary/aromatic N) is 3. The van der Waals surface area contributed by atoms with Crippen LogP contribution in [0.25, 0.3) is 16.9 Å². The summed E-state index contributed by atoms with van der Waals surface area (Å²) in [6.07, 6.45) is 2.17. The van der Waals surface area contributed by atoms with Gasteiger partial charge in [-0.05, 0) is 30.0 Å². The number of nitro benzene ring substituents is 1. The van der Waals surface area contributed by atoms with Crippen LogP contribution >= 0.6 is 12.4 Å². The Hall–Kier alpha value is -2.84. The van der Waals surface area contributed by atoms with Crippen LogP contribution in [0.4, 0.5) is 14.5 Å². The second-order valence-corrected chi connectivity index (χ2v) is 7.28. The molecule has 0 bridgehead atoms. The molecule has 6 nitrogen and oxygen atoms in total. The van der Waals surface area contributed by atoms with Crippen molar-refractivity contribution in [2.45, 2.75) is 39.7 Å². The Balaban J connectivity index is 0.00000272. The number of benzene rings is 2. The van der Waals surface area contributed by atoms with Crippen molar-refractivity contribution < 1.29 is 13.7 Å². The highest BCUT2D eigenvalue weighted by molar-refractivity contribution is 5.85. The van der Waals surface area contributed by atoms with E-state index in [1.54, 1.807) is 4.68 Å². The standard InChI is InChI=1S/C22H22F2N4O2.ClH/c1-3-13-6-5-7-14(4-2)21(13)27-22(16-12-25-9-8-19(16)26-27)15-10-18(24)20(28(29)30)11-17(15)23;/h5-7,10-11,25H,3-4,8-9,12H2,1-2H3;1H. The minimum atomic E-state index is -1.07. The van der Waals surface area contributed by atoms with E-state index in [0.29, 0.717) is 24.7 Å². The zero-order valence-corrected chi connectivity index (χ0v) is 18.1. The van der Waals surface area contributed by atoms with Gasteiger partial charge in [-0.2, -0.15) is 9.49 Å². The molecule has 1 N–H and O–H groups in total. The van der Waals surface area contributed by atoms with Crippen molar-refractivity contribution in [1.82, 2.24) is 15.1 Å². The molecule has 0 saturated carbocycles. The number of nitro groups is 1. The SMILES string of the molecule is CCc1cccc(CC)c1-n1nc2c(c1-c1cc(F)c([N+](=O)[O-])cc1F)CNCC2.Cl. The fourth-order valence-electron chi connectivity index (χ4n) is 4.09. The molecule has 0 fully saturated rings. The smallest absolute Gasteiger partial charge is 0.307 e. The Kier molecular flexibility index (Phi) is 6.71. The second-order valence-electron chi connectivity index (χ2n) is 7.28. The Morgan fingerprint density at radius 3 is 2.45 bits per heavy atom. The van der Waals surface area contributed by atoms with Crippen molar-refractivity contribution in [3.05, 3.63) is 74.5 Å². The van der Waals surface area contributed by atoms with Crippen LogP contribution in [-0.4, -0.2) is 21.2 Å². The molecule has 1 aliphatic heterocycles. The summed E-state index contributed by atoms with van der Waals surface area (Å²) in [6, 6.07) is 7.55. The van der Waals surface area contributed by atoms with Crippen LogP contribution < -0.4 is 5.32 Å². The summed E-state index contributed by atoms with van der Waals surface area (Å²) in [5, 5.41) is 19.1. The number of halogens is 3. The lowest BCUT2D eigenvalue weighted by Gasteiger charge is -2.18. The summed E-state index contributed by atoms with van der Waals surface area (Å²) >= 11 is 0. The summed E-state index contributed by atoms with van der Waals surface area (Å²) in [5.41, 5.74) is 4.12. The molecule has 0 amide bonds. The summed E-state index contributed by atoms with van der Waals surface area (Å²) in [5.74, 6) is -1.91. The van der Waals surface area contributed by atoms with Gasteiger partial charge < -0.3 is 5.32 Å². The molecule has 0 atom stereocenters. The molecule has 4 rings (SSSR count). The van der Waals surface area contributed by atoms with Gasteiger partial charge in [-0.25, -0.2) is 9.07 Å². The first-order chi connectivity index (χ1) is 14.5. The molecular formula is C22H23ClF2N4O2. The lowest BCUT2D eigenvalue weighted by Crippen LogP contribution is -2.23. The molecule has 9 heteroatoms. The van der Waals surface area contributed by atoms with Crippen LogP contribution in [0.15, 0.2) is 30.3 Å². The second kappa shape index (κ2) is 9.11. The van der Waals surface area contributed by atoms with Crippen LogP contribution in [0, 0.1) is 21.7 Å². The lowest BCUT2D eigenvalue weighted by molar-refractivity contribution is -0.387. The van der Waals surface area contributed by atoms with Gasteiger partial charge in [0.2, 0.25) is 5.82 Å².